The first-order chi connectivity index (χ1) is 17.5. The number of nitrogens with zero attached hydrogens (tertiary/aromatic N) is 4. The van der Waals surface area contributed by atoms with Crippen LogP contribution in [0.1, 0.15) is 29.9 Å². The molecule has 2 aromatic heterocycles. The zero-order valence-electron chi connectivity index (χ0n) is 19.2. The third kappa shape index (κ3) is 2.90. The van der Waals surface area contributed by atoms with E-state index < -0.39 is 57.3 Å². The molecular weight excluding hydrogens is 530 g/mol. The van der Waals surface area contributed by atoms with Crippen molar-refractivity contribution in [3.8, 4) is 0 Å². The molecule has 1 aromatic carbocycles. The Kier molecular flexibility index (Phi) is 5.05. The number of aliphatic hydroxyl groups excluding tert-OH is 1. The number of rotatable bonds is 3. The summed E-state index contributed by atoms with van der Waals surface area (Å²) in [4.78, 5) is 50.3. The minimum absolute atomic E-state index is 0.0108. The second-order valence-corrected chi connectivity index (χ2v) is 10.5. The van der Waals surface area contributed by atoms with Crippen LogP contribution in [0.2, 0.25) is 0 Å². The standard InChI is InChI=1S/C24H19Cl2FN4O6/c1-28-21(35)29-9-8-15-16(31(29)22(28)36)10-23(25)19(33)30(13-4-2-12(27)3-5-13)20(34)24(23,26)18(15)17-7-6-14(11-32)37-17/h2-8,16,18,32H,9-11H2,1H3. The summed E-state index contributed by atoms with van der Waals surface area (Å²) in [6.07, 6.45) is 1.40. The molecule has 2 fully saturated rings. The SMILES string of the molecule is Cn1c(=O)n2n(c1=O)C1CC3(Cl)C(=O)N(c4ccc(F)cc4)C(=O)C3(Cl)C(c3ccc(CO)o3)C1=CC2. The van der Waals surface area contributed by atoms with Crippen molar-refractivity contribution in [1.82, 2.24) is 13.9 Å². The van der Waals surface area contributed by atoms with E-state index in [1.807, 2.05) is 0 Å². The molecule has 1 N–H and O–H groups in total. The minimum atomic E-state index is -2.10. The number of benzene rings is 1. The summed E-state index contributed by atoms with van der Waals surface area (Å²) in [7, 11) is 1.34. The van der Waals surface area contributed by atoms with Crippen molar-refractivity contribution in [3.63, 3.8) is 0 Å². The Balaban J connectivity index is 1.61. The Bertz CT molecular complexity index is 1640. The molecule has 1 saturated carbocycles. The average Bonchev–Trinajstić information content (AvgIpc) is 3.48. The van der Waals surface area contributed by atoms with Crippen LogP contribution in [0.15, 0.2) is 62.1 Å². The molecule has 2 aliphatic heterocycles. The van der Waals surface area contributed by atoms with Gasteiger partial charge in [0.1, 0.15) is 23.9 Å². The van der Waals surface area contributed by atoms with Crippen molar-refractivity contribution >= 4 is 40.7 Å². The number of halogens is 3. The predicted molar refractivity (Wildman–Crippen MR) is 129 cm³/mol. The van der Waals surface area contributed by atoms with Gasteiger partial charge in [0.25, 0.3) is 11.8 Å². The largest absolute Gasteiger partial charge is 0.463 e. The maximum absolute atomic E-state index is 14.0. The number of aromatic nitrogens is 3. The highest BCUT2D eigenvalue weighted by Gasteiger charge is 2.76. The van der Waals surface area contributed by atoms with Crippen LogP contribution in [0, 0.1) is 5.82 Å². The number of furan rings is 1. The van der Waals surface area contributed by atoms with Gasteiger partial charge in [-0.25, -0.2) is 32.8 Å². The average molecular weight is 549 g/mol. The van der Waals surface area contributed by atoms with Crippen molar-refractivity contribution in [3.05, 3.63) is 86.4 Å². The van der Waals surface area contributed by atoms with E-state index in [1.54, 1.807) is 6.08 Å². The first kappa shape index (κ1) is 24.0. The molecule has 3 aromatic rings. The Labute approximate surface area is 217 Å². The molecule has 10 nitrogen and oxygen atoms in total. The molecule has 37 heavy (non-hydrogen) atoms. The lowest BCUT2D eigenvalue weighted by Gasteiger charge is -2.48. The normalized spacial score (nSPS) is 28.7. The Morgan fingerprint density at radius 3 is 2.41 bits per heavy atom. The summed E-state index contributed by atoms with van der Waals surface area (Å²) in [6, 6.07) is 6.85. The van der Waals surface area contributed by atoms with Crippen LogP contribution in [0.5, 0.6) is 0 Å². The second kappa shape index (κ2) is 7.80. The van der Waals surface area contributed by atoms with E-state index in [-0.39, 0.29) is 30.2 Å². The number of carbonyl (C=O) groups is 2. The number of carbonyl (C=O) groups excluding carboxylic acids is 2. The van der Waals surface area contributed by atoms with Crippen LogP contribution in [-0.4, -0.2) is 40.6 Å². The first-order valence-corrected chi connectivity index (χ1v) is 12.1. The molecule has 192 valence electrons. The number of anilines is 1. The highest BCUT2D eigenvalue weighted by atomic mass is 35.5. The van der Waals surface area contributed by atoms with Crippen LogP contribution in [0.25, 0.3) is 0 Å². The number of imide groups is 1. The first-order valence-electron chi connectivity index (χ1n) is 11.3. The molecule has 6 rings (SSSR count). The van der Waals surface area contributed by atoms with E-state index in [0.717, 1.165) is 21.6 Å². The fourth-order valence-electron chi connectivity index (χ4n) is 5.72. The summed E-state index contributed by atoms with van der Waals surface area (Å²) in [5, 5.41) is 9.58. The molecule has 0 radical (unpaired) electrons. The second-order valence-electron chi connectivity index (χ2n) is 9.31. The Morgan fingerprint density at radius 2 is 1.76 bits per heavy atom. The monoisotopic (exact) mass is 548 g/mol. The number of fused-ring (bicyclic) bond motifs is 4. The smallest absolute Gasteiger partial charge is 0.347 e. The summed E-state index contributed by atoms with van der Waals surface area (Å²) < 4.78 is 22.8. The molecule has 0 spiro atoms. The van der Waals surface area contributed by atoms with Crippen LogP contribution in [-0.2, 0) is 29.8 Å². The highest BCUT2D eigenvalue weighted by molar-refractivity contribution is 6.58. The van der Waals surface area contributed by atoms with Gasteiger partial charge in [-0.05, 0) is 42.0 Å². The fraction of sp³-hybridized carbons (Fsp3) is 0.333. The highest BCUT2D eigenvalue weighted by Crippen LogP contribution is 2.63. The quantitative estimate of drug-likeness (QED) is 0.302. The van der Waals surface area contributed by atoms with Gasteiger partial charge in [0.05, 0.1) is 24.2 Å². The molecule has 4 atom stereocenters. The van der Waals surface area contributed by atoms with Crippen LogP contribution < -0.4 is 16.3 Å². The number of alkyl halides is 2. The van der Waals surface area contributed by atoms with Gasteiger partial charge in [-0.2, -0.15) is 0 Å². The number of amides is 2. The van der Waals surface area contributed by atoms with Gasteiger partial charge in [-0.15, -0.1) is 23.2 Å². The van der Waals surface area contributed by atoms with E-state index in [2.05, 4.69) is 0 Å². The zero-order chi connectivity index (χ0) is 26.4. The number of hydrogen-bond acceptors (Lipinski definition) is 6. The van der Waals surface area contributed by atoms with Gasteiger partial charge in [0.15, 0.2) is 9.75 Å². The van der Waals surface area contributed by atoms with Gasteiger partial charge in [-0.3, -0.25) is 9.59 Å². The van der Waals surface area contributed by atoms with Crippen molar-refractivity contribution in [2.24, 2.45) is 7.05 Å². The molecule has 3 aliphatic rings. The van der Waals surface area contributed by atoms with Gasteiger partial charge in [0.2, 0.25) is 0 Å². The molecule has 4 heterocycles. The summed E-state index contributed by atoms with van der Waals surface area (Å²) in [5.74, 6) is -3.04. The van der Waals surface area contributed by atoms with Crippen molar-refractivity contribution in [2.45, 2.75) is 41.3 Å². The topological polar surface area (TPSA) is 120 Å². The van der Waals surface area contributed by atoms with Crippen molar-refractivity contribution < 1.29 is 23.5 Å². The molecule has 1 saturated heterocycles. The number of aliphatic hydroxyl groups is 1. The fourth-order valence-corrected chi connectivity index (χ4v) is 6.61. The molecular formula is C24H19Cl2FN4O6. The van der Waals surface area contributed by atoms with Crippen LogP contribution in [0.4, 0.5) is 10.1 Å². The molecule has 2 amide bonds. The molecule has 13 heteroatoms. The Morgan fingerprint density at radius 1 is 1.05 bits per heavy atom. The lowest BCUT2D eigenvalue weighted by Crippen LogP contribution is -2.59. The van der Waals surface area contributed by atoms with Crippen LogP contribution >= 0.6 is 23.2 Å². The minimum Gasteiger partial charge on any atom is -0.463 e. The van der Waals surface area contributed by atoms with E-state index in [0.29, 0.717) is 5.57 Å². The van der Waals surface area contributed by atoms with Gasteiger partial charge in [-0.1, -0.05) is 6.08 Å². The lowest BCUT2D eigenvalue weighted by molar-refractivity contribution is -0.122. The molecule has 1 aliphatic carbocycles. The van der Waals surface area contributed by atoms with Crippen molar-refractivity contribution in [2.75, 3.05) is 4.90 Å². The van der Waals surface area contributed by atoms with E-state index in [4.69, 9.17) is 27.6 Å². The maximum atomic E-state index is 14.0. The third-order valence-electron chi connectivity index (χ3n) is 7.48. The molecule has 4 unspecified atom stereocenters. The third-order valence-corrected chi connectivity index (χ3v) is 8.89. The van der Waals surface area contributed by atoms with Crippen LogP contribution in [0.3, 0.4) is 0 Å². The summed E-state index contributed by atoms with van der Waals surface area (Å²) in [5.41, 5.74) is -0.624. The van der Waals surface area contributed by atoms with E-state index >= 15 is 0 Å². The summed E-state index contributed by atoms with van der Waals surface area (Å²) in [6.45, 7) is -0.417. The lowest BCUT2D eigenvalue weighted by atomic mass is 9.65. The molecule has 0 bridgehead atoms. The predicted octanol–water partition coefficient (Wildman–Crippen LogP) is 1.77. The number of hydrogen-bond donors (Lipinski definition) is 1. The van der Waals surface area contributed by atoms with Crippen molar-refractivity contribution in [1.29, 1.82) is 0 Å². The van der Waals surface area contributed by atoms with Gasteiger partial charge in [0, 0.05) is 13.5 Å². The maximum Gasteiger partial charge on any atom is 0.347 e. The van der Waals surface area contributed by atoms with E-state index in [9.17, 15) is 28.7 Å². The van der Waals surface area contributed by atoms with Gasteiger partial charge < -0.3 is 9.52 Å². The van der Waals surface area contributed by atoms with E-state index in [1.165, 1.54) is 40.7 Å². The van der Waals surface area contributed by atoms with Gasteiger partial charge >= 0.3 is 11.4 Å². The summed E-state index contributed by atoms with van der Waals surface area (Å²) >= 11 is 14.2. The zero-order valence-corrected chi connectivity index (χ0v) is 20.7. The Hall–Kier alpha value is -3.41. The number of allylic oxidation sites excluding steroid dienone is 2.